The SMILES string of the molecule is Cn1cncc1C(=O)N[C@]1(c2ccc(OC(F)(F)F)c(F)c2)CCOc2cccnc21. The summed E-state index contributed by atoms with van der Waals surface area (Å²) in [6.07, 6.45) is -0.584. The molecule has 3 heterocycles. The minimum atomic E-state index is -5.04. The van der Waals surface area contributed by atoms with Crippen molar-refractivity contribution in [2.24, 2.45) is 7.05 Å². The third kappa shape index (κ3) is 3.90. The van der Waals surface area contributed by atoms with Gasteiger partial charge in [0.1, 0.15) is 22.7 Å². The Labute approximate surface area is 173 Å². The first-order valence-corrected chi connectivity index (χ1v) is 9.12. The fraction of sp³-hybridized carbons (Fsp3) is 0.250. The molecule has 3 aromatic rings. The summed E-state index contributed by atoms with van der Waals surface area (Å²) < 4.78 is 63.0. The highest BCUT2D eigenvalue weighted by atomic mass is 19.4. The van der Waals surface area contributed by atoms with Crippen LogP contribution in [0, 0.1) is 5.82 Å². The highest BCUT2D eigenvalue weighted by Gasteiger charge is 2.43. The normalized spacial score (nSPS) is 18.1. The van der Waals surface area contributed by atoms with Gasteiger partial charge in [-0.1, -0.05) is 6.07 Å². The van der Waals surface area contributed by atoms with Crippen molar-refractivity contribution in [1.82, 2.24) is 19.9 Å². The average Bonchev–Trinajstić information content (AvgIpc) is 3.15. The molecule has 1 aliphatic heterocycles. The fourth-order valence-electron chi connectivity index (χ4n) is 3.54. The summed E-state index contributed by atoms with van der Waals surface area (Å²) in [4.78, 5) is 21.3. The molecule has 1 amide bonds. The number of nitrogens with one attached hydrogen (secondary N) is 1. The summed E-state index contributed by atoms with van der Waals surface area (Å²) in [6.45, 7) is 0.160. The van der Waals surface area contributed by atoms with E-state index in [9.17, 15) is 22.4 Å². The van der Waals surface area contributed by atoms with Crippen LogP contribution in [0.15, 0.2) is 49.1 Å². The molecule has 7 nitrogen and oxygen atoms in total. The molecule has 0 spiro atoms. The van der Waals surface area contributed by atoms with Crippen LogP contribution < -0.4 is 14.8 Å². The highest BCUT2D eigenvalue weighted by Crippen LogP contribution is 2.42. The van der Waals surface area contributed by atoms with Crippen LogP contribution in [0.5, 0.6) is 11.5 Å². The lowest BCUT2D eigenvalue weighted by Gasteiger charge is -2.39. The molecule has 1 atom stereocenters. The quantitative estimate of drug-likeness (QED) is 0.635. The van der Waals surface area contributed by atoms with Crippen molar-refractivity contribution in [3.05, 3.63) is 71.8 Å². The van der Waals surface area contributed by atoms with E-state index in [2.05, 4.69) is 20.0 Å². The number of ether oxygens (including phenoxy) is 2. The zero-order chi connectivity index (χ0) is 22.2. The molecular formula is C20H16F4N4O3. The number of carbonyl (C=O) groups excluding carboxylic acids is 1. The monoisotopic (exact) mass is 436 g/mol. The van der Waals surface area contributed by atoms with Crippen LogP contribution in [-0.2, 0) is 12.6 Å². The third-order valence-electron chi connectivity index (χ3n) is 4.94. The van der Waals surface area contributed by atoms with Crippen LogP contribution in [0.1, 0.15) is 28.2 Å². The summed E-state index contributed by atoms with van der Waals surface area (Å²) in [5.41, 5.74) is -0.617. The molecule has 31 heavy (non-hydrogen) atoms. The second kappa shape index (κ2) is 7.56. The number of nitrogens with zero attached hydrogens (tertiary/aromatic N) is 3. The van der Waals surface area contributed by atoms with Crippen molar-refractivity contribution in [3.63, 3.8) is 0 Å². The van der Waals surface area contributed by atoms with Crippen molar-refractivity contribution in [2.75, 3.05) is 6.61 Å². The predicted octanol–water partition coefficient (Wildman–Crippen LogP) is 3.31. The average molecular weight is 436 g/mol. The van der Waals surface area contributed by atoms with Crippen LogP contribution >= 0.6 is 0 Å². The summed E-state index contributed by atoms with van der Waals surface area (Å²) in [7, 11) is 1.63. The molecule has 0 saturated carbocycles. The summed E-state index contributed by atoms with van der Waals surface area (Å²) in [5, 5.41) is 2.87. The first kappa shape index (κ1) is 20.6. The molecule has 0 aliphatic carbocycles. The standard InChI is InChI=1S/C20H16F4N4O3/c1-28-11-25-10-14(28)18(29)27-19(6-8-30-16-3-2-7-26-17(16)19)12-4-5-15(13(21)9-12)31-20(22,23)24/h2-5,7,9-11H,6,8H2,1H3,(H,27,29)/t19-/m0/s1. The predicted molar refractivity (Wildman–Crippen MR) is 98.9 cm³/mol. The maximum atomic E-state index is 14.6. The molecule has 1 aromatic carbocycles. The minimum Gasteiger partial charge on any atom is -0.491 e. The molecule has 0 bridgehead atoms. The molecule has 0 fully saturated rings. The van der Waals surface area contributed by atoms with E-state index in [4.69, 9.17) is 4.74 Å². The zero-order valence-electron chi connectivity index (χ0n) is 16.1. The van der Waals surface area contributed by atoms with E-state index in [-0.39, 0.29) is 24.3 Å². The van der Waals surface area contributed by atoms with Crippen LogP contribution in [0.25, 0.3) is 0 Å². The Morgan fingerprint density at radius 2 is 2.13 bits per heavy atom. The number of benzene rings is 1. The van der Waals surface area contributed by atoms with E-state index in [1.165, 1.54) is 29.4 Å². The van der Waals surface area contributed by atoms with Gasteiger partial charge in [-0.2, -0.15) is 0 Å². The number of hydrogen-bond donors (Lipinski definition) is 1. The van der Waals surface area contributed by atoms with Gasteiger partial charge in [-0.05, 0) is 29.8 Å². The Balaban J connectivity index is 1.82. The third-order valence-corrected chi connectivity index (χ3v) is 4.94. The number of amides is 1. The molecule has 4 rings (SSSR count). The van der Waals surface area contributed by atoms with Gasteiger partial charge in [0.25, 0.3) is 5.91 Å². The molecule has 162 valence electrons. The van der Waals surface area contributed by atoms with Crippen LogP contribution in [0.2, 0.25) is 0 Å². The summed E-state index contributed by atoms with van der Waals surface area (Å²) >= 11 is 0. The van der Waals surface area contributed by atoms with Gasteiger partial charge >= 0.3 is 6.36 Å². The number of halogens is 4. The molecule has 1 aliphatic rings. The van der Waals surface area contributed by atoms with E-state index in [1.807, 2.05) is 0 Å². The number of alkyl halides is 3. The van der Waals surface area contributed by atoms with Gasteiger partial charge in [0.15, 0.2) is 11.6 Å². The van der Waals surface area contributed by atoms with Crippen molar-refractivity contribution in [1.29, 1.82) is 0 Å². The smallest absolute Gasteiger partial charge is 0.491 e. The lowest BCUT2D eigenvalue weighted by molar-refractivity contribution is -0.275. The number of fused-ring (bicyclic) bond motifs is 1. The molecular weight excluding hydrogens is 420 g/mol. The van der Waals surface area contributed by atoms with Crippen molar-refractivity contribution < 1.29 is 31.8 Å². The zero-order valence-corrected chi connectivity index (χ0v) is 16.1. The van der Waals surface area contributed by atoms with Gasteiger partial charge in [-0.3, -0.25) is 9.78 Å². The van der Waals surface area contributed by atoms with Crippen molar-refractivity contribution in [2.45, 2.75) is 18.3 Å². The first-order valence-electron chi connectivity index (χ1n) is 9.12. The molecule has 0 unspecified atom stereocenters. The number of pyridine rings is 1. The Morgan fingerprint density at radius 1 is 1.32 bits per heavy atom. The van der Waals surface area contributed by atoms with Crippen LogP contribution in [0.3, 0.4) is 0 Å². The van der Waals surface area contributed by atoms with Crippen LogP contribution in [-0.4, -0.2) is 33.4 Å². The van der Waals surface area contributed by atoms with E-state index in [1.54, 1.807) is 19.2 Å². The lowest BCUT2D eigenvalue weighted by Crippen LogP contribution is -2.50. The molecule has 11 heteroatoms. The fourth-order valence-corrected chi connectivity index (χ4v) is 3.54. The molecule has 2 aromatic heterocycles. The lowest BCUT2D eigenvalue weighted by atomic mass is 9.81. The number of carbonyl (C=O) groups is 1. The number of hydrogen-bond acceptors (Lipinski definition) is 5. The van der Waals surface area contributed by atoms with E-state index < -0.39 is 29.4 Å². The number of rotatable bonds is 4. The minimum absolute atomic E-state index is 0.160. The highest BCUT2D eigenvalue weighted by molar-refractivity contribution is 5.93. The van der Waals surface area contributed by atoms with Gasteiger partial charge in [0.2, 0.25) is 0 Å². The van der Waals surface area contributed by atoms with E-state index in [0.717, 1.165) is 12.1 Å². The molecule has 0 radical (unpaired) electrons. The van der Waals surface area contributed by atoms with Crippen molar-refractivity contribution in [3.8, 4) is 11.5 Å². The second-order valence-electron chi connectivity index (χ2n) is 6.89. The summed E-state index contributed by atoms with van der Waals surface area (Å²) in [6, 6.07) is 6.31. The topological polar surface area (TPSA) is 78.3 Å². The van der Waals surface area contributed by atoms with Gasteiger partial charge in [0, 0.05) is 19.7 Å². The Bertz CT molecular complexity index is 1130. The van der Waals surface area contributed by atoms with Crippen molar-refractivity contribution >= 4 is 5.91 Å². The maximum absolute atomic E-state index is 14.6. The number of aromatic nitrogens is 3. The van der Waals surface area contributed by atoms with Gasteiger partial charge in [-0.15, -0.1) is 13.2 Å². The first-order chi connectivity index (χ1) is 14.7. The van der Waals surface area contributed by atoms with Gasteiger partial charge in [-0.25, -0.2) is 9.37 Å². The molecule has 1 N–H and O–H groups in total. The van der Waals surface area contributed by atoms with Gasteiger partial charge < -0.3 is 19.4 Å². The Hall–Kier alpha value is -3.63. The maximum Gasteiger partial charge on any atom is 0.573 e. The summed E-state index contributed by atoms with van der Waals surface area (Å²) in [5.74, 6) is -2.35. The number of aryl methyl sites for hydroxylation is 1. The molecule has 0 saturated heterocycles. The van der Waals surface area contributed by atoms with Gasteiger partial charge in [0.05, 0.1) is 19.1 Å². The Kier molecular flexibility index (Phi) is 5.03. The van der Waals surface area contributed by atoms with Crippen LogP contribution in [0.4, 0.5) is 17.6 Å². The van der Waals surface area contributed by atoms with E-state index in [0.29, 0.717) is 11.4 Å². The second-order valence-corrected chi connectivity index (χ2v) is 6.89. The Morgan fingerprint density at radius 3 is 2.81 bits per heavy atom. The largest absolute Gasteiger partial charge is 0.573 e. The van der Waals surface area contributed by atoms with E-state index >= 15 is 0 Å². The number of imidazole rings is 1.